The third-order valence-corrected chi connectivity index (χ3v) is 4.96. The highest BCUT2D eigenvalue weighted by Crippen LogP contribution is 2.18. The largest absolute Gasteiger partial charge is 0.379 e. The summed E-state index contributed by atoms with van der Waals surface area (Å²) in [6.45, 7) is 14.7. The number of rotatable bonds is 7. The number of nitrogens with zero attached hydrogens (tertiary/aromatic N) is 3. The molecular formula is C17H31N5OS. The fraction of sp³-hybridized carbons (Fsp3) is 0.765. The van der Waals surface area contributed by atoms with Crippen molar-refractivity contribution < 1.29 is 4.74 Å². The normalized spacial score (nSPS) is 18.0. The monoisotopic (exact) mass is 353 g/mol. The molecule has 1 saturated heterocycles. The molecule has 1 atom stereocenters. The highest BCUT2D eigenvalue weighted by Gasteiger charge is 2.17. The van der Waals surface area contributed by atoms with Crippen LogP contribution in [0.25, 0.3) is 0 Å². The van der Waals surface area contributed by atoms with Gasteiger partial charge in [0.05, 0.1) is 25.5 Å². The predicted octanol–water partition coefficient (Wildman–Crippen LogP) is 2.04. The summed E-state index contributed by atoms with van der Waals surface area (Å²) in [7, 11) is 0. The molecule has 0 aromatic carbocycles. The van der Waals surface area contributed by atoms with E-state index in [1.165, 1.54) is 0 Å². The molecule has 2 N–H and O–H groups in total. The van der Waals surface area contributed by atoms with Crippen molar-refractivity contribution in [3.63, 3.8) is 0 Å². The summed E-state index contributed by atoms with van der Waals surface area (Å²) in [5, 5.41) is 9.97. The second kappa shape index (κ2) is 9.96. The van der Waals surface area contributed by atoms with Crippen molar-refractivity contribution in [3.05, 3.63) is 16.1 Å². The molecule has 1 aromatic rings. The molecular weight excluding hydrogens is 322 g/mol. The molecule has 1 unspecified atom stereocenters. The molecule has 136 valence electrons. The molecule has 1 aliphatic heterocycles. The average Bonchev–Trinajstić information content (AvgIpc) is 3.07. The van der Waals surface area contributed by atoms with Crippen LogP contribution >= 0.6 is 11.3 Å². The smallest absolute Gasteiger partial charge is 0.191 e. The van der Waals surface area contributed by atoms with E-state index in [-0.39, 0.29) is 0 Å². The SMILES string of the molecule is CCNC(=NCc1nc(C(C)C)cs1)NCC(C)N1CCOCC1. The van der Waals surface area contributed by atoms with Gasteiger partial charge in [0.2, 0.25) is 0 Å². The van der Waals surface area contributed by atoms with Gasteiger partial charge in [-0.15, -0.1) is 11.3 Å². The summed E-state index contributed by atoms with van der Waals surface area (Å²) < 4.78 is 5.42. The van der Waals surface area contributed by atoms with Gasteiger partial charge in [-0.05, 0) is 19.8 Å². The number of guanidine groups is 1. The lowest BCUT2D eigenvalue weighted by molar-refractivity contribution is 0.0211. The summed E-state index contributed by atoms with van der Waals surface area (Å²) in [6, 6.07) is 0.463. The number of ether oxygens (including phenoxy) is 1. The van der Waals surface area contributed by atoms with Crippen LogP contribution in [-0.4, -0.2) is 61.3 Å². The number of nitrogens with one attached hydrogen (secondary N) is 2. The summed E-state index contributed by atoms with van der Waals surface area (Å²) >= 11 is 1.69. The second-order valence-electron chi connectivity index (χ2n) is 6.39. The molecule has 2 heterocycles. The maximum atomic E-state index is 5.42. The number of hydrogen-bond acceptors (Lipinski definition) is 5. The zero-order valence-electron chi connectivity index (χ0n) is 15.3. The number of aliphatic imine (C=N–C) groups is 1. The van der Waals surface area contributed by atoms with E-state index in [0.29, 0.717) is 18.5 Å². The van der Waals surface area contributed by atoms with Gasteiger partial charge in [0.15, 0.2) is 5.96 Å². The molecule has 1 aromatic heterocycles. The summed E-state index contributed by atoms with van der Waals surface area (Å²) in [5.74, 6) is 1.33. The number of aromatic nitrogens is 1. The van der Waals surface area contributed by atoms with E-state index >= 15 is 0 Å². The van der Waals surface area contributed by atoms with Gasteiger partial charge in [0.25, 0.3) is 0 Å². The number of morpholine rings is 1. The molecule has 7 heteroatoms. The zero-order valence-corrected chi connectivity index (χ0v) is 16.2. The van der Waals surface area contributed by atoms with E-state index in [0.717, 1.165) is 56.1 Å². The van der Waals surface area contributed by atoms with Crippen molar-refractivity contribution in [1.82, 2.24) is 20.5 Å². The maximum absolute atomic E-state index is 5.42. The standard InChI is InChI=1S/C17H31N5OS/c1-5-18-17(19-10-14(4)22-6-8-23-9-7-22)20-11-16-21-15(12-24-16)13(2)3/h12-14H,5-11H2,1-4H3,(H2,18,19,20). The first-order valence-corrected chi connectivity index (χ1v) is 9.76. The fourth-order valence-corrected chi connectivity index (χ4v) is 3.42. The Morgan fingerprint density at radius 1 is 1.33 bits per heavy atom. The molecule has 0 spiro atoms. The Labute approximate surface area is 149 Å². The minimum atomic E-state index is 0.463. The van der Waals surface area contributed by atoms with E-state index in [1.54, 1.807) is 11.3 Å². The van der Waals surface area contributed by atoms with Crippen molar-refractivity contribution >= 4 is 17.3 Å². The molecule has 1 aliphatic rings. The molecule has 0 aliphatic carbocycles. The molecule has 0 radical (unpaired) electrons. The van der Waals surface area contributed by atoms with Crippen LogP contribution in [0.2, 0.25) is 0 Å². The third kappa shape index (κ3) is 6.03. The molecule has 0 amide bonds. The molecule has 0 saturated carbocycles. The van der Waals surface area contributed by atoms with Gasteiger partial charge < -0.3 is 15.4 Å². The van der Waals surface area contributed by atoms with Crippen molar-refractivity contribution in [2.24, 2.45) is 4.99 Å². The van der Waals surface area contributed by atoms with Crippen molar-refractivity contribution in [3.8, 4) is 0 Å². The van der Waals surface area contributed by atoms with Crippen LogP contribution in [0.15, 0.2) is 10.4 Å². The molecule has 1 fully saturated rings. The first-order valence-electron chi connectivity index (χ1n) is 8.88. The Morgan fingerprint density at radius 2 is 2.08 bits per heavy atom. The Bertz CT molecular complexity index is 511. The van der Waals surface area contributed by atoms with Crippen LogP contribution in [0.4, 0.5) is 0 Å². The van der Waals surface area contributed by atoms with Gasteiger partial charge in [0, 0.05) is 37.6 Å². The zero-order chi connectivity index (χ0) is 17.4. The van der Waals surface area contributed by atoms with Crippen molar-refractivity contribution in [2.45, 2.75) is 46.2 Å². The fourth-order valence-electron chi connectivity index (χ4n) is 2.54. The Morgan fingerprint density at radius 3 is 2.71 bits per heavy atom. The van der Waals surface area contributed by atoms with Crippen LogP contribution in [0, 0.1) is 0 Å². The van der Waals surface area contributed by atoms with Gasteiger partial charge in [-0.25, -0.2) is 9.98 Å². The highest BCUT2D eigenvalue weighted by atomic mass is 32.1. The number of thiazole rings is 1. The topological polar surface area (TPSA) is 61.8 Å². The Hall–Kier alpha value is -1.18. The Kier molecular flexibility index (Phi) is 7.94. The van der Waals surface area contributed by atoms with Gasteiger partial charge >= 0.3 is 0 Å². The average molecular weight is 354 g/mol. The van der Waals surface area contributed by atoms with E-state index in [9.17, 15) is 0 Å². The van der Waals surface area contributed by atoms with E-state index in [2.05, 4.69) is 58.6 Å². The summed E-state index contributed by atoms with van der Waals surface area (Å²) in [6.07, 6.45) is 0. The quantitative estimate of drug-likeness (QED) is 0.580. The lowest BCUT2D eigenvalue weighted by Crippen LogP contribution is -2.49. The van der Waals surface area contributed by atoms with Gasteiger partial charge in [-0.1, -0.05) is 13.8 Å². The predicted molar refractivity (Wildman–Crippen MR) is 101 cm³/mol. The third-order valence-electron chi connectivity index (χ3n) is 4.11. The van der Waals surface area contributed by atoms with Crippen molar-refractivity contribution in [2.75, 3.05) is 39.4 Å². The maximum Gasteiger partial charge on any atom is 0.191 e. The lowest BCUT2D eigenvalue weighted by atomic mass is 10.2. The second-order valence-corrected chi connectivity index (χ2v) is 7.34. The first kappa shape index (κ1) is 19.1. The summed E-state index contributed by atoms with van der Waals surface area (Å²) in [5.41, 5.74) is 1.16. The highest BCUT2D eigenvalue weighted by molar-refractivity contribution is 7.09. The molecule has 24 heavy (non-hydrogen) atoms. The molecule has 6 nitrogen and oxygen atoms in total. The van der Waals surface area contributed by atoms with Crippen LogP contribution in [0.1, 0.15) is 44.3 Å². The van der Waals surface area contributed by atoms with E-state index < -0.39 is 0 Å². The van der Waals surface area contributed by atoms with Crippen LogP contribution in [0.5, 0.6) is 0 Å². The minimum absolute atomic E-state index is 0.463. The van der Waals surface area contributed by atoms with Gasteiger partial charge in [-0.3, -0.25) is 4.90 Å². The first-order chi connectivity index (χ1) is 11.6. The minimum Gasteiger partial charge on any atom is -0.379 e. The van der Waals surface area contributed by atoms with Crippen LogP contribution < -0.4 is 10.6 Å². The van der Waals surface area contributed by atoms with Crippen molar-refractivity contribution in [1.29, 1.82) is 0 Å². The Balaban J connectivity index is 1.85. The molecule has 2 rings (SSSR count). The van der Waals surface area contributed by atoms with Gasteiger partial charge in [0.1, 0.15) is 5.01 Å². The van der Waals surface area contributed by atoms with Gasteiger partial charge in [-0.2, -0.15) is 0 Å². The van der Waals surface area contributed by atoms with E-state index in [1.807, 2.05) is 0 Å². The lowest BCUT2D eigenvalue weighted by Gasteiger charge is -2.32. The number of hydrogen-bond donors (Lipinski definition) is 2. The van der Waals surface area contributed by atoms with Crippen LogP contribution in [-0.2, 0) is 11.3 Å². The van der Waals surface area contributed by atoms with E-state index in [4.69, 9.17) is 4.74 Å². The molecule has 0 bridgehead atoms. The summed E-state index contributed by atoms with van der Waals surface area (Å²) in [4.78, 5) is 11.8. The van der Waals surface area contributed by atoms with Crippen LogP contribution in [0.3, 0.4) is 0 Å².